The Kier molecular flexibility index (Phi) is 12.1. The van der Waals surface area contributed by atoms with E-state index in [1.807, 2.05) is 0 Å². The summed E-state index contributed by atoms with van der Waals surface area (Å²) in [6.07, 6.45) is 0.843. The van der Waals surface area contributed by atoms with E-state index in [0.717, 1.165) is 18.0 Å². The highest BCUT2D eigenvalue weighted by Crippen LogP contribution is 2.21. The van der Waals surface area contributed by atoms with Crippen LogP contribution in [0.3, 0.4) is 0 Å². The Hall–Kier alpha value is -0.670. The van der Waals surface area contributed by atoms with Crippen LogP contribution in [-0.2, 0) is 24.1 Å². The van der Waals surface area contributed by atoms with E-state index in [1.54, 1.807) is 6.92 Å². The highest BCUT2D eigenvalue weighted by molar-refractivity contribution is 7.80. The zero-order valence-electron chi connectivity index (χ0n) is 14.3. The number of nitrogens with zero attached hydrogens (tertiary/aromatic N) is 1. The molecule has 0 aromatic carbocycles. The summed E-state index contributed by atoms with van der Waals surface area (Å²) in [6, 6.07) is 0. The summed E-state index contributed by atoms with van der Waals surface area (Å²) in [7, 11) is 3.13. The Morgan fingerprint density at radius 3 is 1.86 bits per heavy atom. The van der Waals surface area contributed by atoms with Crippen molar-refractivity contribution < 1.29 is 43.6 Å². The van der Waals surface area contributed by atoms with Crippen molar-refractivity contribution in [1.29, 1.82) is 0 Å². The number of carbonyl (C=O) groups is 1. The number of hydrogen-bond donors (Lipinski definition) is 1. The van der Waals surface area contributed by atoms with Gasteiger partial charge in [0, 0.05) is 12.0 Å². The summed E-state index contributed by atoms with van der Waals surface area (Å²) in [4.78, 5) is 11.2. The van der Waals surface area contributed by atoms with Crippen LogP contribution in [0.4, 0.5) is 0 Å². The van der Waals surface area contributed by atoms with E-state index < -0.39 is 10.4 Å². The van der Waals surface area contributed by atoms with Gasteiger partial charge in [0.05, 0.1) is 40.4 Å². The van der Waals surface area contributed by atoms with Gasteiger partial charge in [-0.3, -0.25) is 8.74 Å². The average molecular weight is 362 g/mol. The fraction of sp³-hybridized carbons (Fsp3) is 0.769. The molecule has 22 heavy (non-hydrogen) atoms. The number of rotatable bonds is 6. The summed E-state index contributed by atoms with van der Waals surface area (Å²) in [5.41, 5.74) is 0.549. The minimum absolute atomic E-state index is 0. The number of quaternary nitrogens is 1. The maximum absolute atomic E-state index is 11.2. The van der Waals surface area contributed by atoms with Gasteiger partial charge in [0.25, 0.3) is 0 Å². The van der Waals surface area contributed by atoms with E-state index in [1.165, 1.54) is 0 Å². The molecular formula is C13H28ClNO6S. The van der Waals surface area contributed by atoms with Crippen LogP contribution in [0.25, 0.3) is 0 Å². The Morgan fingerprint density at radius 1 is 1.27 bits per heavy atom. The van der Waals surface area contributed by atoms with Gasteiger partial charge in [-0.2, -0.15) is 8.42 Å². The van der Waals surface area contributed by atoms with E-state index in [9.17, 15) is 13.2 Å². The molecule has 7 nitrogen and oxygen atoms in total. The van der Waals surface area contributed by atoms with Crippen molar-refractivity contribution in [3.63, 3.8) is 0 Å². The van der Waals surface area contributed by atoms with Crippen molar-refractivity contribution in [2.45, 2.75) is 32.7 Å². The van der Waals surface area contributed by atoms with E-state index in [0.29, 0.717) is 12.2 Å². The van der Waals surface area contributed by atoms with Crippen LogP contribution in [0.1, 0.15) is 27.2 Å². The number of ether oxygens (including phenoxy) is 1. The van der Waals surface area contributed by atoms with Crippen LogP contribution in [0.15, 0.2) is 12.2 Å². The van der Waals surface area contributed by atoms with Gasteiger partial charge < -0.3 is 21.6 Å². The highest BCUT2D eigenvalue weighted by atomic mass is 35.5. The SMILES string of the molecule is C=C(C)C(=O)OCCC(C)(C)[N+](C)(C)C.COS(=O)(=O)O.[Cl-]. The summed E-state index contributed by atoms with van der Waals surface area (Å²) in [5, 5.41) is 0. The van der Waals surface area contributed by atoms with Gasteiger partial charge in [0.2, 0.25) is 0 Å². The molecule has 0 radical (unpaired) electrons. The molecule has 0 aromatic heterocycles. The zero-order chi connectivity index (χ0) is 17.5. The highest BCUT2D eigenvalue weighted by Gasteiger charge is 2.32. The molecule has 1 N–H and O–H groups in total. The molecule has 0 aliphatic carbocycles. The predicted molar refractivity (Wildman–Crippen MR) is 81.1 cm³/mol. The Morgan fingerprint density at radius 2 is 1.64 bits per heavy atom. The van der Waals surface area contributed by atoms with E-state index >= 15 is 0 Å². The summed E-state index contributed by atoms with van der Waals surface area (Å²) >= 11 is 0. The normalized spacial score (nSPS) is 11.6. The van der Waals surface area contributed by atoms with Gasteiger partial charge in [0.1, 0.15) is 0 Å². The number of hydrogen-bond acceptors (Lipinski definition) is 5. The second kappa shape index (κ2) is 10.2. The molecule has 0 fully saturated rings. The molecule has 0 aliphatic rings. The van der Waals surface area contributed by atoms with Crippen molar-refractivity contribution >= 4 is 16.4 Å². The Bertz CT molecular complexity index is 454. The monoisotopic (exact) mass is 361 g/mol. The molecule has 0 bridgehead atoms. The lowest BCUT2D eigenvalue weighted by atomic mass is 9.97. The number of esters is 1. The predicted octanol–water partition coefficient (Wildman–Crippen LogP) is -1.58. The molecule has 0 rings (SSSR count). The minimum Gasteiger partial charge on any atom is -1.00 e. The van der Waals surface area contributed by atoms with Gasteiger partial charge in [-0.15, -0.1) is 0 Å². The van der Waals surface area contributed by atoms with Crippen molar-refractivity contribution in [3.05, 3.63) is 12.2 Å². The van der Waals surface area contributed by atoms with Crippen LogP contribution in [0, 0.1) is 0 Å². The molecule has 0 unspecified atom stereocenters. The van der Waals surface area contributed by atoms with E-state index in [4.69, 9.17) is 9.29 Å². The third kappa shape index (κ3) is 13.0. The first kappa shape index (κ1) is 26.2. The summed E-state index contributed by atoms with van der Waals surface area (Å²) in [6.45, 7) is 9.99. The molecule has 0 heterocycles. The van der Waals surface area contributed by atoms with Gasteiger partial charge in [-0.1, -0.05) is 6.58 Å². The van der Waals surface area contributed by atoms with Gasteiger partial charge >= 0.3 is 16.4 Å². The lowest BCUT2D eigenvalue weighted by Crippen LogP contribution is -3.00. The Labute approximate surface area is 140 Å². The van der Waals surface area contributed by atoms with Crippen LogP contribution in [0.5, 0.6) is 0 Å². The van der Waals surface area contributed by atoms with Crippen LogP contribution in [-0.4, -0.2) is 63.8 Å². The summed E-state index contributed by atoms with van der Waals surface area (Å²) in [5.74, 6) is -0.299. The fourth-order valence-corrected chi connectivity index (χ4v) is 0.852. The third-order valence-electron chi connectivity index (χ3n) is 3.32. The summed E-state index contributed by atoms with van der Waals surface area (Å²) < 4.78 is 35.6. The first-order valence-corrected chi connectivity index (χ1v) is 7.68. The van der Waals surface area contributed by atoms with Crippen LogP contribution < -0.4 is 12.4 Å². The first-order valence-electron chi connectivity index (χ1n) is 6.31. The van der Waals surface area contributed by atoms with Gasteiger partial charge in [-0.25, -0.2) is 4.79 Å². The standard InChI is InChI=1S/C12H24NO2.CH4O4S.ClH/c1-10(2)11(14)15-9-8-12(3,4)13(5,6)7;1-5-6(2,3)4;/h1,8-9H2,2-7H3;1H3,(H,2,3,4);1H/q+1;;/p-1. The molecule has 0 aromatic rings. The fourth-order valence-electron chi connectivity index (χ4n) is 0.852. The zero-order valence-corrected chi connectivity index (χ0v) is 15.9. The largest absolute Gasteiger partial charge is 1.00 e. The smallest absolute Gasteiger partial charge is 0.397 e. The topological polar surface area (TPSA) is 89.9 Å². The second-order valence-electron chi connectivity index (χ2n) is 6.09. The van der Waals surface area contributed by atoms with Crippen LogP contribution >= 0.6 is 0 Å². The minimum atomic E-state index is -4.16. The van der Waals surface area contributed by atoms with E-state index in [2.05, 4.69) is 45.8 Å². The molecule has 0 aliphatic heterocycles. The molecule has 0 saturated carbocycles. The lowest BCUT2D eigenvalue weighted by Gasteiger charge is -2.41. The van der Waals surface area contributed by atoms with Gasteiger partial charge in [-0.05, 0) is 20.8 Å². The number of halogens is 1. The molecule has 0 amide bonds. The van der Waals surface area contributed by atoms with Crippen molar-refractivity contribution in [2.24, 2.45) is 0 Å². The van der Waals surface area contributed by atoms with Crippen molar-refractivity contribution in [2.75, 3.05) is 34.9 Å². The lowest BCUT2D eigenvalue weighted by molar-refractivity contribution is -0.920. The molecule has 0 spiro atoms. The second-order valence-corrected chi connectivity index (χ2v) is 7.27. The first-order chi connectivity index (χ1) is 9.14. The maximum Gasteiger partial charge on any atom is 0.397 e. The quantitative estimate of drug-likeness (QED) is 0.266. The molecule has 0 atom stereocenters. The van der Waals surface area contributed by atoms with Crippen molar-refractivity contribution in [1.82, 2.24) is 0 Å². The van der Waals surface area contributed by atoms with Crippen LogP contribution in [0.2, 0.25) is 0 Å². The molecule has 9 heteroatoms. The Balaban J connectivity index is -0.000000439. The molecular weight excluding hydrogens is 334 g/mol. The molecule has 0 saturated heterocycles. The van der Waals surface area contributed by atoms with E-state index in [-0.39, 0.29) is 23.9 Å². The van der Waals surface area contributed by atoms with Gasteiger partial charge in [0.15, 0.2) is 0 Å². The molecule has 134 valence electrons. The van der Waals surface area contributed by atoms with Crippen molar-refractivity contribution in [3.8, 4) is 0 Å². The average Bonchev–Trinajstić information content (AvgIpc) is 2.26. The number of carbonyl (C=O) groups excluding carboxylic acids is 1. The maximum atomic E-state index is 11.2. The third-order valence-corrected chi connectivity index (χ3v) is 3.74.